The van der Waals surface area contributed by atoms with Crippen molar-refractivity contribution in [3.05, 3.63) is 115 Å². The van der Waals surface area contributed by atoms with Crippen molar-refractivity contribution in [3.63, 3.8) is 0 Å². The van der Waals surface area contributed by atoms with Crippen LogP contribution in [0.2, 0.25) is 0 Å². The zero-order chi connectivity index (χ0) is 32.9. The zero-order valence-corrected chi connectivity index (χ0v) is 35.1. The van der Waals surface area contributed by atoms with Gasteiger partial charge >= 0.3 is 295 Å². The molecule has 0 aliphatic heterocycles. The van der Waals surface area contributed by atoms with Gasteiger partial charge in [-0.2, -0.15) is 0 Å². The maximum Gasteiger partial charge on any atom is -1.00 e. The van der Waals surface area contributed by atoms with Gasteiger partial charge in [0.2, 0.25) is 0 Å². The fraction of sp³-hybridized carbons (Fsp3) is 0.500. The molecule has 1 unspecified atom stereocenters. The molecule has 4 fully saturated rings. The van der Waals surface area contributed by atoms with Crippen LogP contribution in [0.25, 0.3) is 11.1 Å². The van der Waals surface area contributed by atoms with Crippen LogP contribution in [0.1, 0.15) is 132 Å². The van der Waals surface area contributed by atoms with Crippen molar-refractivity contribution >= 4 is 3.71 Å². The summed E-state index contributed by atoms with van der Waals surface area (Å²) < 4.78 is 5.20. The molecule has 0 radical (unpaired) electrons. The number of fused-ring (bicyclic) bond motifs is 3. The molecule has 0 saturated heterocycles. The molecule has 0 amide bonds. The SMILES string of the molecule is CC1=[C](/[Zr+2](=[CH]/c2ccccc2)[CH]2c3ccc(C(C)(C)C)cc3-c3cc(C(C)(C)C)ccc32)C(C)C=C1CC12CC3CC(CC(C3)C1)C2.[Cl-].[Cl-]. The van der Waals surface area contributed by atoms with Crippen molar-refractivity contribution in [1.82, 2.24) is 0 Å². The van der Waals surface area contributed by atoms with Crippen LogP contribution >= 0.6 is 0 Å². The van der Waals surface area contributed by atoms with Gasteiger partial charge in [-0.3, -0.25) is 0 Å². The quantitative estimate of drug-likeness (QED) is 0.287. The van der Waals surface area contributed by atoms with Crippen LogP contribution in [-0.4, -0.2) is 3.71 Å². The van der Waals surface area contributed by atoms with Gasteiger partial charge in [0.15, 0.2) is 0 Å². The topological polar surface area (TPSA) is 0 Å². The van der Waals surface area contributed by atoms with E-state index in [1.165, 1.54) is 72.8 Å². The minimum Gasteiger partial charge on any atom is -1.00 e. The predicted molar refractivity (Wildman–Crippen MR) is 198 cm³/mol. The summed E-state index contributed by atoms with van der Waals surface area (Å²) in [6.45, 7) is 19.3. The van der Waals surface area contributed by atoms with E-state index in [-0.39, 0.29) is 35.6 Å². The van der Waals surface area contributed by atoms with E-state index in [0.29, 0.717) is 15.0 Å². The Morgan fingerprint density at radius 1 is 0.714 bits per heavy atom. The molecule has 0 heterocycles. The number of allylic oxidation sites excluding steroid dienone is 4. The summed E-state index contributed by atoms with van der Waals surface area (Å²) in [5, 5.41) is 0. The first kappa shape index (κ1) is 37.2. The monoisotopic (exact) mass is 768 g/mol. The molecular weight excluding hydrogens is 715 g/mol. The Balaban J connectivity index is 0.00000208. The van der Waals surface area contributed by atoms with Crippen molar-refractivity contribution in [3.8, 4) is 11.1 Å². The number of rotatable bonds is 5. The summed E-state index contributed by atoms with van der Waals surface area (Å²) in [5.74, 6) is 3.60. The molecule has 0 aromatic heterocycles. The molecule has 4 saturated carbocycles. The summed E-state index contributed by atoms with van der Waals surface area (Å²) in [6.07, 6.45) is 13.2. The van der Waals surface area contributed by atoms with E-state index in [0.717, 1.165) is 17.8 Å². The number of benzene rings is 3. The van der Waals surface area contributed by atoms with E-state index in [1.54, 1.807) is 22.3 Å². The Morgan fingerprint density at radius 3 is 1.67 bits per heavy atom. The van der Waals surface area contributed by atoms with Gasteiger partial charge in [-0.15, -0.1) is 0 Å². The van der Waals surface area contributed by atoms with E-state index in [9.17, 15) is 0 Å². The fourth-order valence-corrected chi connectivity index (χ4v) is 19.9. The fourth-order valence-electron chi connectivity index (χ4n) is 11.2. The van der Waals surface area contributed by atoms with Crippen LogP contribution in [0, 0.1) is 29.1 Å². The van der Waals surface area contributed by atoms with Crippen LogP contribution < -0.4 is 24.8 Å². The Bertz CT molecular complexity index is 1730. The number of hydrogen-bond donors (Lipinski definition) is 0. The molecule has 3 aromatic carbocycles. The standard InChI is InChI=1S/C21H25.C18H25.C7H6.2ClH.Zr/c1-20(2,3)16-9-7-14-11-15-8-10-17(21(4,5)6)13-19(15)18(14)12-16;1-12-3-13(2)17(4-12)11-18-8-14-5-15(9-18)7-16(6-14)10-18;1-7-5-3-2-4-6-7;;;/h7-13H,1-6H3;4,12,14-16H,5-11H2,1-2H3;1-6H;2*1H;/q;;;;;+2/p-2. The minimum atomic E-state index is -2.53. The summed E-state index contributed by atoms with van der Waals surface area (Å²) in [7, 11) is 0. The van der Waals surface area contributed by atoms with Crippen LogP contribution in [0.3, 0.4) is 0 Å². The molecule has 0 nitrogen and oxygen atoms in total. The first-order valence-electron chi connectivity index (χ1n) is 18.8. The van der Waals surface area contributed by atoms with E-state index < -0.39 is 21.3 Å². The third-order valence-corrected chi connectivity index (χ3v) is 21.2. The van der Waals surface area contributed by atoms with Gasteiger partial charge in [0.1, 0.15) is 0 Å². The second-order valence-corrected chi connectivity index (χ2v) is 24.4. The molecule has 4 bridgehead atoms. The molecule has 258 valence electrons. The number of halogens is 2. The maximum absolute atomic E-state index is 2.83. The van der Waals surface area contributed by atoms with Gasteiger partial charge in [0.25, 0.3) is 0 Å². The van der Waals surface area contributed by atoms with Crippen molar-refractivity contribution < 1.29 is 46.1 Å². The first-order valence-corrected chi connectivity index (χ1v) is 22.8. The molecule has 3 aromatic rings. The largest absolute Gasteiger partial charge is 1.00 e. The summed E-state index contributed by atoms with van der Waals surface area (Å²) in [6, 6.07) is 26.5. The third-order valence-electron chi connectivity index (χ3n) is 13.0. The Kier molecular flexibility index (Phi) is 10.2. The average Bonchev–Trinajstić information content (AvgIpc) is 3.46. The summed E-state index contributed by atoms with van der Waals surface area (Å²) in [5.41, 5.74) is 14.8. The Labute approximate surface area is 317 Å². The van der Waals surface area contributed by atoms with Gasteiger partial charge in [0, 0.05) is 0 Å². The van der Waals surface area contributed by atoms with Gasteiger partial charge in [0.05, 0.1) is 0 Å². The Morgan fingerprint density at radius 2 is 1.20 bits per heavy atom. The predicted octanol–water partition coefficient (Wildman–Crippen LogP) is 6.28. The second kappa shape index (κ2) is 13.5. The van der Waals surface area contributed by atoms with Crippen LogP contribution in [0.15, 0.2) is 87.2 Å². The third kappa shape index (κ3) is 6.78. The summed E-state index contributed by atoms with van der Waals surface area (Å²) in [4.78, 5) is 0. The second-order valence-electron chi connectivity index (χ2n) is 18.7. The van der Waals surface area contributed by atoms with E-state index in [2.05, 4.69) is 132 Å². The maximum atomic E-state index is 2.83. The minimum absolute atomic E-state index is 0. The van der Waals surface area contributed by atoms with Gasteiger partial charge < -0.3 is 24.8 Å². The van der Waals surface area contributed by atoms with E-state index in [1.807, 2.05) is 3.28 Å². The average molecular weight is 771 g/mol. The van der Waals surface area contributed by atoms with Crippen LogP contribution in [0.4, 0.5) is 0 Å². The van der Waals surface area contributed by atoms with Crippen molar-refractivity contribution in [2.45, 2.75) is 115 Å². The van der Waals surface area contributed by atoms with Crippen molar-refractivity contribution in [2.24, 2.45) is 29.1 Å². The van der Waals surface area contributed by atoms with Gasteiger partial charge in [-0.1, -0.05) is 0 Å². The van der Waals surface area contributed by atoms with Gasteiger partial charge in [-0.25, -0.2) is 0 Å². The molecule has 0 spiro atoms. The number of hydrogen-bond acceptors (Lipinski definition) is 0. The molecule has 6 aliphatic carbocycles. The van der Waals surface area contributed by atoms with E-state index in [4.69, 9.17) is 0 Å². The van der Waals surface area contributed by atoms with Crippen molar-refractivity contribution in [1.29, 1.82) is 0 Å². The van der Waals surface area contributed by atoms with Gasteiger partial charge in [-0.05, 0) is 0 Å². The molecule has 3 heteroatoms. The normalized spacial score (nSPS) is 27.1. The van der Waals surface area contributed by atoms with Crippen LogP contribution in [0.5, 0.6) is 0 Å². The molecule has 49 heavy (non-hydrogen) atoms. The van der Waals surface area contributed by atoms with Crippen LogP contribution in [-0.2, 0) is 32.1 Å². The first-order chi connectivity index (χ1) is 22.3. The van der Waals surface area contributed by atoms with E-state index >= 15 is 0 Å². The molecule has 6 aliphatic rings. The summed E-state index contributed by atoms with van der Waals surface area (Å²) >= 11 is -2.53. The van der Waals surface area contributed by atoms with Crippen molar-refractivity contribution in [2.75, 3.05) is 0 Å². The molecule has 9 rings (SSSR count). The zero-order valence-electron chi connectivity index (χ0n) is 31.1. The molecule has 1 atom stereocenters. The molecule has 0 N–H and O–H groups in total. The Hall–Kier alpha value is -1.53. The molecular formula is C46H56Cl2Zr. The smallest absolute Gasteiger partial charge is 1.00 e.